The summed E-state index contributed by atoms with van der Waals surface area (Å²) in [5, 5.41) is 71.2. The molecule has 1 aliphatic carbocycles. The minimum Gasteiger partial charge on any atom is -0.506 e. The zero-order chi connectivity index (χ0) is 83.0. The lowest BCUT2D eigenvalue weighted by Gasteiger charge is -2.16. The smallest absolute Gasteiger partial charge is 0.345 e. The summed E-state index contributed by atoms with van der Waals surface area (Å²) in [5.74, 6) is -7.21. The SMILES string of the molecule is CC(C)c1c(-c2ccc3c(ccn3C)c2)[nH]c(=O)c(C(=O)O)c1O.CC(C)c1cc(C(=O)O)c(=O)[nH]c1-c1ccc2c(ccn2C)c1.CCc1c(-c2cnc3c(ccn3C)c2)[nH]c(=O)c(C(=O)O)c1O.CCc1cc(C(=O)O)c(=O)[nH]c1-c1cnc2c(ccn2C)c1.Cn1ccc2cc(-c3[nH]c(=O)c(C(=O)O)cc3C3CC3)ccc21. The summed E-state index contributed by atoms with van der Waals surface area (Å²) in [6, 6.07) is 35.7. The molecule has 12 aromatic heterocycles. The van der Waals surface area contributed by atoms with Crippen LogP contribution < -0.4 is 27.8 Å². The predicted molar refractivity (Wildman–Crippen MR) is 438 cm³/mol. The summed E-state index contributed by atoms with van der Waals surface area (Å²) in [5.41, 5.74) is 9.70. The molecule has 0 atom stereocenters. The maximum atomic E-state index is 12.1. The first kappa shape index (κ1) is 79.9. The third-order valence-corrected chi connectivity index (χ3v) is 20.4. The quantitative estimate of drug-likeness (QED) is 0.0453. The molecule has 1 fully saturated rings. The first-order chi connectivity index (χ1) is 54.7. The zero-order valence-corrected chi connectivity index (χ0v) is 64.4. The molecule has 16 rings (SSSR count). The van der Waals surface area contributed by atoms with Crippen molar-refractivity contribution in [3.8, 4) is 67.8 Å². The number of aromatic nitrogens is 12. The number of aromatic amines is 5. The van der Waals surface area contributed by atoms with Crippen LogP contribution in [0.15, 0.2) is 183 Å². The molecule has 0 unspecified atom stereocenters. The Morgan fingerprint density at radius 2 is 0.774 bits per heavy atom. The number of nitrogens with one attached hydrogen (secondary N) is 5. The third kappa shape index (κ3) is 16.0. The van der Waals surface area contributed by atoms with Crippen molar-refractivity contribution >= 4 is 84.6 Å². The molecule has 1 aliphatic rings. The number of fused-ring (bicyclic) bond motifs is 5. The van der Waals surface area contributed by atoms with Crippen LogP contribution in [0.3, 0.4) is 0 Å². The maximum Gasteiger partial charge on any atom is 0.345 e. The Bertz CT molecular complexity index is 6610. The van der Waals surface area contributed by atoms with Gasteiger partial charge >= 0.3 is 29.8 Å². The van der Waals surface area contributed by atoms with Crippen LogP contribution in [0.5, 0.6) is 11.5 Å². The highest BCUT2D eigenvalue weighted by Gasteiger charge is 2.30. The van der Waals surface area contributed by atoms with Gasteiger partial charge in [-0.25, -0.2) is 33.9 Å². The molecular weight excluding hydrogens is 1470 g/mol. The highest BCUT2D eigenvalue weighted by atomic mass is 16.4. The largest absolute Gasteiger partial charge is 0.506 e. The molecule has 588 valence electrons. The maximum absolute atomic E-state index is 12.1. The lowest BCUT2D eigenvalue weighted by molar-refractivity contribution is 0.0680. The number of rotatable bonds is 15. The van der Waals surface area contributed by atoms with Gasteiger partial charge in [0.15, 0.2) is 11.1 Å². The van der Waals surface area contributed by atoms with Gasteiger partial charge in [-0.3, -0.25) is 24.0 Å². The van der Waals surface area contributed by atoms with Crippen molar-refractivity contribution in [1.82, 2.24) is 57.7 Å². The van der Waals surface area contributed by atoms with Crippen molar-refractivity contribution in [3.63, 3.8) is 0 Å². The Morgan fingerprint density at radius 1 is 0.400 bits per heavy atom. The first-order valence-electron chi connectivity index (χ1n) is 36.6. The second-order valence-corrected chi connectivity index (χ2v) is 28.6. The van der Waals surface area contributed by atoms with Gasteiger partial charge in [0.05, 0.1) is 28.5 Å². The number of H-pyrrole nitrogens is 5. The Balaban J connectivity index is 0.000000133. The number of carboxylic acids is 5. The predicted octanol–water partition coefficient (Wildman–Crippen LogP) is 13.6. The standard InChI is InChI=1S/C18H18N2O4.C18H16N2O3.C18H18N2O3.C16H15N3O4.C16H15N3O3/c1-9(2)13-15(19-17(22)14(16(13)21)18(23)24)11-4-5-12-10(8-11)6-7-20(12)3;1-20-7-6-11-8-12(4-5-15(11)20)16-13(10-2-3-10)9-14(18(22)23)17(21)19-16;1-10(2)13-9-14(18(22)23)17(21)19-16(13)12-4-5-15-11(8-12)6-7-20(15)3;1-3-10-12(18-15(21)11(13(10)20)16(22)23)9-6-8-4-5-19(2)14(8)17-7-9;1-3-9-7-12(16(21)22)15(20)18-13(9)11-6-10-4-5-19(2)14(10)17-8-11/h4-9H,1-3H3,(H,23,24)(H2,19,21,22);4-10H,2-3H2,1H3,(H,19,21)(H,22,23);4-10H,1-3H3,(H,19,21)(H,22,23);4-7H,3H2,1-2H3,(H,22,23)(H2,18,20,21);4-8H,3H2,1-2H3,(H,18,20)(H,21,22). The van der Waals surface area contributed by atoms with Crippen LogP contribution >= 0.6 is 0 Å². The third-order valence-electron chi connectivity index (χ3n) is 20.4. The number of hydrogen-bond acceptors (Lipinski definition) is 14. The summed E-state index contributed by atoms with van der Waals surface area (Å²) in [7, 11) is 9.70. The highest BCUT2D eigenvalue weighted by molar-refractivity contribution is 5.96. The normalized spacial score (nSPS) is 11.8. The summed E-state index contributed by atoms with van der Waals surface area (Å²) >= 11 is 0. The van der Waals surface area contributed by atoms with Crippen LogP contribution in [0.1, 0.15) is 152 Å². The minimum atomic E-state index is -1.46. The average molecular weight is 1560 g/mol. The summed E-state index contributed by atoms with van der Waals surface area (Å²) in [4.78, 5) is 138. The van der Waals surface area contributed by atoms with Gasteiger partial charge in [-0.15, -0.1) is 0 Å². The number of pyridine rings is 7. The van der Waals surface area contributed by atoms with Gasteiger partial charge in [0.25, 0.3) is 27.8 Å². The molecule has 29 heteroatoms. The van der Waals surface area contributed by atoms with Crippen LogP contribution in [0, 0.1) is 0 Å². The monoisotopic (exact) mass is 1550 g/mol. The Kier molecular flexibility index (Phi) is 22.5. The number of carbonyl (C=O) groups is 5. The van der Waals surface area contributed by atoms with Crippen molar-refractivity contribution in [2.75, 3.05) is 0 Å². The van der Waals surface area contributed by atoms with Crippen LogP contribution in [0.4, 0.5) is 0 Å². The van der Waals surface area contributed by atoms with Crippen LogP contribution in [-0.4, -0.2) is 123 Å². The lowest BCUT2D eigenvalue weighted by Crippen LogP contribution is -2.20. The molecule has 0 amide bonds. The van der Waals surface area contributed by atoms with E-state index in [1.54, 1.807) is 25.4 Å². The van der Waals surface area contributed by atoms with Crippen LogP contribution in [-0.2, 0) is 48.1 Å². The lowest BCUT2D eigenvalue weighted by atomic mass is 9.94. The summed E-state index contributed by atoms with van der Waals surface area (Å²) in [6.07, 6.45) is 16.0. The van der Waals surface area contributed by atoms with E-state index >= 15 is 0 Å². The van der Waals surface area contributed by atoms with Gasteiger partial charge in [-0.2, -0.15) is 0 Å². The van der Waals surface area contributed by atoms with Gasteiger partial charge in [0.1, 0.15) is 39.5 Å². The Morgan fingerprint density at radius 3 is 1.20 bits per heavy atom. The Labute approximate surface area is 653 Å². The highest BCUT2D eigenvalue weighted by Crippen LogP contribution is 2.44. The van der Waals surface area contributed by atoms with Crippen molar-refractivity contribution < 1.29 is 59.7 Å². The second kappa shape index (κ2) is 32.4. The minimum absolute atomic E-state index is 0.0893. The fourth-order valence-electron chi connectivity index (χ4n) is 14.2. The summed E-state index contributed by atoms with van der Waals surface area (Å²) < 4.78 is 9.83. The molecule has 115 heavy (non-hydrogen) atoms. The Hall–Kier alpha value is -14.6. The van der Waals surface area contributed by atoms with Gasteiger partial charge < -0.3 is 83.5 Å². The van der Waals surface area contributed by atoms with Crippen molar-refractivity contribution in [2.45, 2.75) is 85.0 Å². The number of aromatic hydroxyl groups is 2. The van der Waals surface area contributed by atoms with E-state index in [-0.39, 0.29) is 28.5 Å². The molecule has 3 aromatic carbocycles. The topological polar surface area (TPSA) is 442 Å². The molecular formula is C86H82N12O17. The first-order valence-corrected chi connectivity index (χ1v) is 36.6. The van der Waals surface area contributed by atoms with Gasteiger partial charge in [0.2, 0.25) is 0 Å². The van der Waals surface area contributed by atoms with E-state index in [0.29, 0.717) is 58.2 Å². The molecule has 0 radical (unpaired) electrons. The van der Waals surface area contributed by atoms with E-state index in [1.165, 1.54) is 12.1 Å². The second-order valence-electron chi connectivity index (χ2n) is 28.6. The number of nitrogens with zero attached hydrogens (tertiary/aromatic N) is 7. The van der Waals surface area contributed by atoms with Crippen molar-refractivity contribution in [1.29, 1.82) is 0 Å². The molecule has 0 bridgehead atoms. The van der Waals surface area contributed by atoms with Gasteiger partial charge in [-0.05, 0) is 174 Å². The molecule has 1 saturated carbocycles. The van der Waals surface area contributed by atoms with Crippen molar-refractivity contribution in [3.05, 3.63) is 266 Å². The molecule has 15 aromatic rings. The molecule has 12 N–H and O–H groups in total. The zero-order valence-electron chi connectivity index (χ0n) is 64.4. The van der Waals surface area contributed by atoms with Gasteiger partial charge in [0, 0.05) is 144 Å². The van der Waals surface area contributed by atoms with Crippen LogP contribution in [0.2, 0.25) is 0 Å². The van der Waals surface area contributed by atoms with Crippen LogP contribution in [0.25, 0.3) is 111 Å². The molecule has 29 nitrogen and oxygen atoms in total. The molecule has 0 saturated heterocycles. The van der Waals surface area contributed by atoms with Crippen molar-refractivity contribution in [2.24, 2.45) is 35.2 Å². The molecule has 0 aliphatic heterocycles. The van der Waals surface area contributed by atoms with E-state index in [1.807, 2.05) is 221 Å². The molecule has 12 heterocycles. The summed E-state index contributed by atoms with van der Waals surface area (Å²) in [6.45, 7) is 11.3. The number of aromatic carboxylic acids is 5. The average Bonchev–Trinajstić information content (AvgIpc) is 1.19. The number of aryl methyl sites for hydroxylation is 6. The molecule has 0 spiro atoms. The fourth-order valence-corrected chi connectivity index (χ4v) is 14.2. The van der Waals surface area contributed by atoms with Gasteiger partial charge in [-0.1, -0.05) is 59.7 Å². The van der Waals surface area contributed by atoms with E-state index in [0.717, 1.165) is 112 Å². The number of hydrogen-bond donors (Lipinski definition) is 12. The fraction of sp³-hybridized carbons (Fsp3) is 0.209. The van der Waals surface area contributed by atoms with E-state index < -0.39 is 80.3 Å². The number of carboxylic acid groups (broad SMARTS) is 5. The number of benzene rings is 3. The van der Waals surface area contributed by atoms with E-state index in [2.05, 4.69) is 34.9 Å². The van der Waals surface area contributed by atoms with E-state index in [9.17, 15) is 68.4 Å². The van der Waals surface area contributed by atoms with E-state index in [4.69, 9.17) is 15.3 Å².